The lowest BCUT2D eigenvalue weighted by Gasteiger charge is -2.20. The Labute approximate surface area is 228 Å². The topological polar surface area (TPSA) is 77.1 Å². The standard InChI is InChI=1S/C32H30N2O5/c1-37-27-17-23(18-28(38-2)31(27)39-3)13-16-29(35)33-30-25-19-34(20-26(25)30)32(36)24-14-11-22(12-15-24)10-9-21-7-5-4-6-8-21/h4-8,11-18,25-26,30H,19-20H2,1-3H3,(H,33,35)/b16-13+/t25-,26+,30?. The van der Waals surface area contributed by atoms with E-state index in [1.54, 1.807) is 39.5 Å². The van der Waals surface area contributed by atoms with E-state index in [4.69, 9.17) is 14.2 Å². The van der Waals surface area contributed by atoms with Crippen LogP contribution in [-0.2, 0) is 4.79 Å². The van der Waals surface area contributed by atoms with Crippen LogP contribution >= 0.6 is 0 Å². The van der Waals surface area contributed by atoms with Crippen LogP contribution in [0.15, 0.2) is 72.8 Å². The number of fused-ring (bicyclic) bond motifs is 1. The molecular weight excluding hydrogens is 492 g/mol. The van der Waals surface area contributed by atoms with Crippen molar-refractivity contribution >= 4 is 17.9 Å². The second-order valence-electron chi connectivity index (χ2n) is 9.56. The Kier molecular flexibility index (Phi) is 7.55. The first-order valence-electron chi connectivity index (χ1n) is 12.8. The Balaban J connectivity index is 1.12. The van der Waals surface area contributed by atoms with Gasteiger partial charge in [-0.3, -0.25) is 9.59 Å². The molecule has 3 atom stereocenters. The minimum absolute atomic E-state index is 0.0112. The van der Waals surface area contributed by atoms with E-state index in [-0.39, 0.29) is 29.7 Å². The molecule has 2 fully saturated rings. The van der Waals surface area contributed by atoms with E-state index in [1.807, 2.05) is 59.5 Å². The number of hydrogen-bond acceptors (Lipinski definition) is 5. The molecule has 0 bridgehead atoms. The first kappa shape index (κ1) is 25.9. The zero-order valence-electron chi connectivity index (χ0n) is 22.1. The van der Waals surface area contributed by atoms with E-state index in [2.05, 4.69) is 17.2 Å². The number of methoxy groups -OCH3 is 3. The van der Waals surface area contributed by atoms with Crippen LogP contribution in [0.3, 0.4) is 0 Å². The summed E-state index contributed by atoms with van der Waals surface area (Å²) in [6.45, 7) is 1.28. The first-order chi connectivity index (χ1) is 19.0. The summed E-state index contributed by atoms with van der Waals surface area (Å²) in [5, 5.41) is 3.07. The van der Waals surface area contributed by atoms with Crippen LogP contribution < -0.4 is 19.5 Å². The fourth-order valence-electron chi connectivity index (χ4n) is 5.03. The van der Waals surface area contributed by atoms with Gasteiger partial charge in [0.25, 0.3) is 5.91 Å². The average molecular weight is 523 g/mol. The van der Waals surface area contributed by atoms with E-state index in [9.17, 15) is 9.59 Å². The van der Waals surface area contributed by atoms with Crippen molar-refractivity contribution in [3.63, 3.8) is 0 Å². The Morgan fingerprint density at radius 1 is 0.846 bits per heavy atom. The molecule has 1 heterocycles. The predicted molar refractivity (Wildman–Crippen MR) is 149 cm³/mol. The number of likely N-dealkylation sites (tertiary alicyclic amines) is 1. The normalized spacial score (nSPS) is 19.1. The number of benzene rings is 3. The Morgan fingerprint density at radius 3 is 2.00 bits per heavy atom. The average Bonchev–Trinajstić information content (AvgIpc) is 3.39. The molecule has 3 aromatic rings. The summed E-state index contributed by atoms with van der Waals surface area (Å²) in [5.74, 6) is 8.20. The third-order valence-electron chi connectivity index (χ3n) is 7.16. The van der Waals surface area contributed by atoms with Crippen molar-refractivity contribution in [1.82, 2.24) is 10.2 Å². The molecule has 1 unspecified atom stereocenters. The molecule has 0 radical (unpaired) electrons. The zero-order chi connectivity index (χ0) is 27.4. The second kappa shape index (κ2) is 11.4. The van der Waals surface area contributed by atoms with Crippen LogP contribution in [0, 0.1) is 23.7 Å². The number of nitrogens with one attached hydrogen (secondary N) is 1. The van der Waals surface area contributed by atoms with E-state index in [0.717, 1.165) is 16.7 Å². The fraction of sp³-hybridized carbons (Fsp3) is 0.250. The van der Waals surface area contributed by atoms with Crippen molar-refractivity contribution in [2.75, 3.05) is 34.4 Å². The summed E-state index contributed by atoms with van der Waals surface area (Å²) in [5.41, 5.74) is 3.22. The van der Waals surface area contributed by atoms with Gasteiger partial charge in [0.05, 0.1) is 21.3 Å². The molecule has 1 saturated carbocycles. The van der Waals surface area contributed by atoms with Gasteiger partial charge < -0.3 is 24.4 Å². The third kappa shape index (κ3) is 5.75. The van der Waals surface area contributed by atoms with Gasteiger partial charge in [0.1, 0.15) is 0 Å². The predicted octanol–water partition coefficient (Wildman–Crippen LogP) is 4.01. The van der Waals surface area contributed by atoms with Crippen molar-refractivity contribution in [3.8, 4) is 29.1 Å². The lowest BCUT2D eigenvalue weighted by atomic mass is 10.1. The molecule has 0 aromatic heterocycles. The summed E-state index contributed by atoms with van der Waals surface area (Å²) in [4.78, 5) is 27.4. The number of ether oxygens (including phenoxy) is 3. The highest BCUT2D eigenvalue weighted by molar-refractivity contribution is 5.95. The van der Waals surface area contributed by atoms with Crippen molar-refractivity contribution < 1.29 is 23.8 Å². The summed E-state index contributed by atoms with van der Waals surface area (Å²) in [7, 11) is 4.65. The second-order valence-corrected chi connectivity index (χ2v) is 9.56. The largest absolute Gasteiger partial charge is 0.493 e. The van der Waals surface area contributed by atoms with Gasteiger partial charge in [0.15, 0.2) is 11.5 Å². The van der Waals surface area contributed by atoms with E-state index in [1.165, 1.54) is 6.08 Å². The van der Waals surface area contributed by atoms with Gasteiger partial charge in [0, 0.05) is 53.7 Å². The van der Waals surface area contributed by atoms with Gasteiger partial charge in [0.2, 0.25) is 11.7 Å². The highest BCUT2D eigenvalue weighted by atomic mass is 16.5. The maximum Gasteiger partial charge on any atom is 0.253 e. The summed E-state index contributed by atoms with van der Waals surface area (Å²) in [6, 6.07) is 20.9. The molecule has 198 valence electrons. The highest BCUT2D eigenvalue weighted by Gasteiger charge is 2.57. The van der Waals surface area contributed by atoms with E-state index < -0.39 is 0 Å². The molecule has 1 saturated heterocycles. The van der Waals surface area contributed by atoms with Crippen molar-refractivity contribution in [2.24, 2.45) is 11.8 Å². The molecule has 1 aliphatic carbocycles. The van der Waals surface area contributed by atoms with Gasteiger partial charge in [-0.1, -0.05) is 30.0 Å². The quantitative estimate of drug-likeness (QED) is 0.375. The number of nitrogens with zero attached hydrogens (tertiary/aromatic N) is 1. The molecule has 5 rings (SSSR count). The molecular formula is C32H30N2O5. The molecule has 2 amide bonds. The third-order valence-corrected chi connectivity index (χ3v) is 7.16. The molecule has 0 spiro atoms. The Hall–Kier alpha value is -4.70. The molecule has 7 heteroatoms. The highest BCUT2D eigenvalue weighted by Crippen LogP contribution is 2.46. The SMILES string of the molecule is COc1cc(/C=C/C(=O)NC2[C@H]3CN(C(=O)c4ccc(C#Cc5ccccc5)cc4)C[C@@H]23)cc(OC)c1OC. The molecule has 7 nitrogen and oxygen atoms in total. The van der Waals surface area contributed by atoms with Crippen LogP contribution in [0.25, 0.3) is 6.08 Å². The molecule has 39 heavy (non-hydrogen) atoms. The summed E-state index contributed by atoms with van der Waals surface area (Å²) >= 11 is 0. The molecule has 3 aromatic carbocycles. The minimum Gasteiger partial charge on any atom is -0.493 e. The maximum atomic E-state index is 13.0. The van der Waals surface area contributed by atoms with Crippen LogP contribution in [-0.4, -0.2) is 57.2 Å². The van der Waals surface area contributed by atoms with E-state index in [0.29, 0.717) is 35.9 Å². The summed E-state index contributed by atoms with van der Waals surface area (Å²) < 4.78 is 16.1. The van der Waals surface area contributed by atoms with Crippen molar-refractivity contribution in [3.05, 3.63) is 95.1 Å². The van der Waals surface area contributed by atoms with E-state index >= 15 is 0 Å². The Morgan fingerprint density at radius 2 is 1.44 bits per heavy atom. The number of hydrogen-bond donors (Lipinski definition) is 1. The first-order valence-corrected chi connectivity index (χ1v) is 12.8. The van der Waals surface area contributed by atoms with Crippen LogP contribution in [0.1, 0.15) is 27.0 Å². The van der Waals surface area contributed by atoms with Gasteiger partial charge in [-0.05, 0) is 60.2 Å². The molecule has 1 aliphatic heterocycles. The lowest BCUT2D eigenvalue weighted by molar-refractivity contribution is -0.116. The number of carbonyl (C=O) groups is 2. The van der Waals surface area contributed by atoms with Crippen LogP contribution in [0.4, 0.5) is 0 Å². The van der Waals surface area contributed by atoms with Gasteiger partial charge in [-0.15, -0.1) is 0 Å². The maximum absolute atomic E-state index is 13.0. The molecule has 1 N–H and O–H groups in total. The smallest absolute Gasteiger partial charge is 0.253 e. The Bertz CT molecular complexity index is 1420. The van der Waals surface area contributed by atoms with Crippen molar-refractivity contribution in [1.29, 1.82) is 0 Å². The zero-order valence-corrected chi connectivity index (χ0v) is 22.1. The molecule has 2 aliphatic rings. The van der Waals surface area contributed by atoms with Crippen LogP contribution in [0.2, 0.25) is 0 Å². The number of piperidine rings is 1. The number of amides is 2. The summed E-state index contributed by atoms with van der Waals surface area (Å²) in [6.07, 6.45) is 3.21. The van der Waals surface area contributed by atoms with Gasteiger partial charge in [-0.2, -0.15) is 0 Å². The number of carbonyl (C=O) groups excluding carboxylic acids is 2. The number of rotatable bonds is 7. The van der Waals surface area contributed by atoms with Crippen LogP contribution in [0.5, 0.6) is 17.2 Å². The fourth-order valence-corrected chi connectivity index (χ4v) is 5.03. The monoisotopic (exact) mass is 522 g/mol. The van der Waals surface area contributed by atoms with Gasteiger partial charge >= 0.3 is 0 Å². The van der Waals surface area contributed by atoms with Crippen molar-refractivity contribution in [2.45, 2.75) is 6.04 Å². The lowest BCUT2D eigenvalue weighted by Crippen LogP contribution is -2.37. The van der Waals surface area contributed by atoms with Gasteiger partial charge in [-0.25, -0.2) is 0 Å². The minimum atomic E-state index is -0.173.